The fourth-order valence-electron chi connectivity index (χ4n) is 8.17. The van der Waals surface area contributed by atoms with E-state index in [0.29, 0.717) is 0 Å². The SMILES string of the molecule is CC=CCCCc1ccccc1C(=C(CCCC)C(=C=[N+]=[N-])CCCCCCCC)c1ccccc1CCC#CCCCCCCCCCCCCCCCCC. The number of hydrogen-bond acceptors (Lipinski definition) is 0. The third-order valence-corrected chi connectivity index (χ3v) is 11.6. The summed E-state index contributed by atoms with van der Waals surface area (Å²) in [5, 5.41) is 0. The number of unbranched alkanes of at least 4 members (excludes halogenated alkanes) is 22. The zero-order valence-electron chi connectivity index (χ0n) is 37.6. The maximum Gasteiger partial charge on any atom is 0.303 e. The highest BCUT2D eigenvalue weighted by atomic mass is 14.8. The Hall–Kier alpha value is -3.36. The quantitative estimate of drug-likeness (QED) is 0.0129. The van der Waals surface area contributed by atoms with Gasteiger partial charge in [-0.3, -0.25) is 0 Å². The molecular weight excluding hydrogens is 689 g/mol. The highest BCUT2D eigenvalue weighted by Crippen LogP contribution is 2.38. The lowest BCUT2D eigenvalue weighted by Gasteiger charge is -2.22. The molecule has 314 valence electrons. The Kier molecular flexibility index (Phi) is 31.2. The lowest BCUT2D eigenvalue weighted by atomic mass is 9.81. The van der Waals surface area contributed by atoms with Gasteiger partial charge in [0.2, 0.25) is 0 Å². The van der Waals surface area contributed by atoms with E-state index in [2.05, 4.69) is 111 Å². The van der Waals surface area contributed by atoms with E-state index in [-0.39, 0.29) is 0 Å². The van der Waals surface area contributed by atoms with Crippen LogP contribution in [0.25, 0.3) is 11.1 Å². The van der Waals surface area contributed by atoms with Crippen molar-refractivity contribution in [2.45, 2.75) is 227 Å². The molecule has 0 saturated heterocycles. The molecule has 0 aliphatic carbocycles. The molecule has 0 aromatic heterocycles. The van der Waals surface area contributed by atoms with Gasteiger partial charge < -0.3 is 5.53 Å². The second-order valence-corrected chi connectivity index (χ2v) is 16.5. The number of rotatable bonds is 34. The minimum atomic E-state index is 0.872. The van der Waals surface area contributed by atoms with Crippen LogP contribution in [-0.2, 0) is 12.8 Å². The lowest BCUT2D eigenvalue weighted by molar-refractivity contribution is 0.00739. The van der Waals surface area contributed by atoms with Gasteiger partial charge in [0.25, 0.3) is 0 Å². The van der Waals surface area contributed by atoms with Gasteiger partial charge in [-0.05, 0) is 98.1 Å². The summed E-state index contributed by atoms with van der Waals surface area (Å²) in [7, 11) is 0. The number of benzene rings is 2. The fourth-order valence-corrected chi connectivity index (χ4v) is 8.17. The van der Waals surface area contributed by atoms with Crippen molar-refractivity contribution in [3.8, 4) is 11.8 Å². The molecule has 0 bridgehead atoms. The van der Waals surface area contributed by atoms with E-state index >= 15 is 0 Å². The second-order valence-electron chi connectivity index (χ2n) is 16.5. The van der Waals surface area contributed by atoms with Crippen molar-refractivity contribution in [2.24, 2.45) is 0 Å². The summed E-state index contributed by atoms with van der Waals surface area (Å²) in [6, 6.07) is 18.1. The Morgan fingerprint density at radius 1 is 0.526 bits per heavy atom. The summed E-state index contributed by atoms with van der Waals surface area (Å²) in [4.78, 5) is 3.56. The Bertz CT molecular complexity index is 1520. The van der Waals surface area contributed by atoms with E-state index < -0.39 is 0 Å². The molecule has 2 aromatic rings. The maximum absolute atomic E-state index is 9.96. The van der Waals surface area contributed by atoms with E-state index in [1.807, 2.05) is 0 Å². The average Bonchev–Trinajstić information content (AvgIpc) is 3.23. The van der Waals surface area contributed by atoms with Crippen LogP contribution in [0.3, 0.4) is 0 Å². The lowest BCUT2D eigenvalue weighted by Crippen LogP contribution is -2.06. The van der Waals surface area contributed by atoms with Gasteiger partial charge in [-0.15, -0.1) is 16.6 Å². The van der Waals surface area contributed by atoms with Crippen LogP contribution in [0.1, 0.15) is 236 Å². The number of hydrogen-bond donors (Lipinski definition) is 0. The summed E-state index contributed by atoms with van der Waals surface area (Å²) in [6.45, 7) is 8.95. The predicted molar refractivity (Wildman–Crippen MR) is 252 cm³/mol. The van der Waals surface area contributed by atoms with Gasteiger partial charge in [0.1, 0.15) is 0 Å². The van der Waals surface area contributed by atoms with Crippen molar-refractivity contribution in [3.63, 3.8) is 0 Å². The summed E-state index contributed by atoms with van der Waals surface area (Å²) in [5.74, 6) is 10.2. The summed E-state index contributed by atoms with van der Waals surface area (Å²) in [6.07, 6.45) is 42.9. The molecule has 0 unspecified atom stereocenters. The summed E-state index contributed by atoms with van der Waals surface area (Å²) < 4.78 is 0. The average molecular weight is 773 g/mol. The molecule has 0 atom stereocenters. The first-order valence-electron chi connectivity index (χ1n) is 24.1. The van der Waals surface area contributed by atoms with Crippen LogP contribution >= 0.6 is 0 Å². The zero-order chi connectivity index (χ0) is 40.9. The first-order chi connectivity index (χ1) is 28.2. The van der Waals surface area contributed by atoms with Gasteiger partial charge in [-0.1, -0.05) is 210 Å². The molecular formula is C55H84N2. The predicted octanol–water partition coefficient (Wildman–Crippen LogP) is 17.4. The first kappa shape index (κ1) is 49.8. The standard InChI is InChI=1S/C55H84N2/c1-5-9-13-16-18-19-20-21-22-23-24-25-26-27-28-29-30-32-34-41-50-43-37-39-47-53(50)55(52-46-38-36-42-49(52)40-33-15-11-7-3)54(45-12-8-4)51(48-57-56)44-35-31-17-14-10-6-2/h7,11,36-39,42-43,46-47H,5-6,8-10,12-29,31,33-35,40-41,44-45H2,1-4H3. The molecule has 57 heavy (non-hydrogen) atoms. The minimum absolute atomic E-state index is 0.872. The molecule has 2 aromatic carbocycles. The van der Waals surface area contributed by atoms with Crippen LogP contribution in [0, 0.1) is 11.8 Å². The minimum Gasteiger partial charge on any atom is -0.348 e. The van der Waals surface area contributed by atoms with E-state index in [1.54, 1.807) is 0 Å². The number of nitrogens with zero attached hydrogens (tertiary/aromatic N) is 2. The fraction of sp³-hybridized carbons (Fsp3) is 0.636. The molecule has 2 heteroatoms. The van der Waals surface area contributed by atoms with Gasteiger partial charge >= 0.3 is 5.87 Å². The largest absolute Gasteiger partial charge is 0.348 e. The van der Waals surface area contributed by atoms with Crippen molar-refractivity contribution in [1.29, 1.82) is 0 Å². The molecule has 0 aliphatic heterocycles. The van der Waals surface area contributed by atoms with Gasteiger partial charge in [0.05, 0.1) is 5.57 Å². The third kappa shape index (κ3) is 23.0. The van der Waals surface area contributed by atoms with E-state index in [0.717, 1.165) is 76.2 Å². The van der Waals surface area contributed by atoms with Crippen LogP contribution < -0.4 is 0 Å². The van der Waals surface area contributed by atoms with Crippen molar-refractivity contribution in [2.75, 3.05) is 0 Å². The van der Waals surface area contributed by atoms with Crippen molar-refractivity contribution in [1.82, 2.24) is 0 Å². The molecule has 0 fully saturated rings. The van der Waals surface area contributed by atoms with Gasteiger partial charge in [-0.2, -0.15) is 0 Å². The number of aryl methyl sites for hydroxylation is 2. The zero-order valence-corrected chi connectivity index (χ0v) is 37.6. The van der Waals surface area contributed by atoms with E-state index in [1.165, 1.54) is 162 Å². The molecule has 2 rings (SSSR count). The molecule has 0 heterocycles. The molecule has 0 amide bonds. The second kappa shape index (κ2) is 35.8. The monoisotopic (exact) mass is 773 g/mol. The van der Waals surface area contributed by atoms with Gasteiger partial charge in [-0.25, -0.2) is 0 Å². The Morgan fingerprint density at radius 2 is 1.00 bits per heavy atom. The van der Waals surface area contributed by atoms with Crippen LogP contribution in [-0.4, -0.2) is 10.7 Å². The van der Waals surface area contributed by atoms with E-state index in [9.17, 15) is 5.53 Å². The molecule has 0 N–H and O–H groups in total. The van der Waals surface area contributed by atoms with Gasteiger partial charge in [0.15, 0.2) is 0 Å². The van der Waals surface area contributed by atoms with Gasteiger partial charge in [0, 0.05) is 12.8 Å². The summed E-state index contributed by atoms with van der Waals surface area (Å²) in [5.41, 5.74) is 19.0. The first-order valence-corrected chi connectivity index (χ1v) is 24.1. The topological polar surface area (TPSA) is 36.4 Å². The number of allylic oxidation sites excluding steroid dienone is 4. The molecule has 0 saturated carbocycles. The highest BCUT2D eigenvalue weighted by molar-refractivity contribution is 5.89. The smallest absolute Gasteiger partial charge is 0.303 e. The van der Waals surface area contributed by atoms with Crippen LogP contribution in [0.4, 0.5) is 0 Å². The molecule has 2 nitrogen and oxygen atoms in total. The maximum atomic E-state index is 9.96. The molecule has 0 spiro atoms. The molecule has 0 aliphatic rings. The van der Waals surface area contributed by atoms with Crippen molar-refractivity contribution < 1.29 is 4.79 Å². The van der Waals surface area contributed by atoms with E-state index in [4.69, 9.17) is 0 Å². The molecule has 0 radical (unpaired) electrons. The van der Waals surface area contributed by atoms with Crippen LogP contribution in [0.15, 0.2) is 71.8 Å². The third-order valence-electron chi connectivity index (χ3n) is 11.6. The Morgan fingerprint density at radius 3 is 1.53 bits per heavy atom. The Labute approximate surface area is 353 Å². The highest BCUT2D eigenvalue weighted by Gasteiger charge is 2.21. The summed E-state index contributed by atoms with van der Waals surface area (Å²) >= 11 is 0. The van der Waals surface area contributed by atoms with Crippen LogP contribution in [0.5, 0.6) is 0 Å². The van der Waals surface area contributed by atoms with Crippen molar-refractivity contribution in [3.05, 3.63) is 99.6 Å². The normalized spacial score (nSPS) is 11.6. The Balaban J connectivity index is 2.16. The van der Waals surface area contributed by atoms with Crippen molar-refractivity contribution >= 4 is 11.4 Å². The van der Waals surface area contributed by atoms with Crippen LogP contribution in [0.2, 0.25) is 0 Å².